The van der Waals surface area contributed by atoms with Crippen molar-refractivity contribution in [2.75, 3.05) is 6.61 Å². The van der Waals surface area contributed by atoms with Crippen LogP contribution in [0.3, 0.4) is 0 Å². The summed E-state index contributed by atoms with van der Waals surface area (Å²) >= 11 is 0. The number of amides is 1. The molecule has 0 fully saturated rings. The van der Waals surface area contributed by atoms with Crippen molar-refractivity contribution in [3.63, 3.8) is 0 Å². The number of esters is 1. The standard InChI is InChI=1S/C61H111NO5/c1-4-7-10-13-16-19-22-25-28-30-31-33-36-39-42-45-48-51-54-61(66)67-57(52-49-46-43-40-37-34-32-29-26-23-20-17-14-11-8-5-2)55-60(65)62-58(56-63)59(64)53-50-47-44-41-38-35-27-24-21-18-15-12-9-6-3/h11,14,17,20,23,26,29,32,34,37,57-59,63-64H,4-10,12-13,15-16,18-19,21-22,24-25,27-28,30-31,33,35-36,38-56H2,1-3H3,(H,62,65)/b14-11+,20-17+,26-23+,32-29+,37-34+. The molecule has 6 nitrogen and oxygen atoms in total. The second kappa shape index (κ2) is 54.5. The lowest BCUT2D eigenvalue weighted by Gasteiger charge is -2.24. The van der Waals surface area contributed by atoms with Gasteiger partial charge < -0.3 is 20.3 Å². The van der Waals surface area contributed by atoms with Gasteiger partial charge in [-0.2, -0.15) is 0 Å². The van der Waals surface area contributed by atoms with Crippen LogP contribution in [0, 0.1) is 0 Å². The minimum atomic E-state index is -0.801. The van der Waals surface area contributed by atoms with Crippen molar-refractivity contribution in [3.05, 3.63) is 60.8 Å². The Labute approximate surface area is 416 Å². The van der Waals surface area contributed by atoms with Crippen LogP contribution < -0.4 is 5.32 Å². The molecular formula is C61H111NO5. The first-order valence-electron chi connectivity index (χ1n) is 29.1. The van der Waals surface area contributed by atoms with E-state index in [0.29, 0.717) is 19.3 Å². The second-order valence-electron chi connectivity index (χ2n) is 19.8. The third-order valence-corrected chi connectivity index (χ3v) is 13.2. The maximum Gasteiger partial charge on any atom is 0.306 e. The lowest BCUT2D eigenvalue weighted by Crippen LogP contribution is -2.46. The number of hydrogen-bond acceptors (Lipinski definition) is 5. The van der Waals surface area contributed by atoms with Crippen molar-refractivity contribution in [1.82, 2.24) is 5.32 Å². The van der Waals surface area contributed by atoms with Gasteiger partial charge >= 0.3 is 5.97 Å². The number of nitrogens with one attached hydrogen (secondary N) is 1. The molecule has 0 aromatic rings. The van der Waals surface area contributed by atoms with E-state index in [1.165, 1.54) is 173 Å². The molecule has 0 aromatic carbocycles. The van der Waals surface area contributed by atoms with Gasteiger partial charge in [-0.3, -0.25) is 9.59 Å². The Hall–Kier alpha value is -2.44. The number of unbranched alkanes of at least 4 members (excludes halogenated alkanes) is 34. The molecule has 3 N–H and O–H groups in total. The fourth-order valence-electron chi connectivity index (χ4n) is 8.82. The van der Waals surface area contributed by atoms with Crippen LogP contribution in [0.5, 0.6) is 0 Å². The van der Waals surface area contributed by atoms with Crippen LogP contribution in [0.15, 0.2) is 60.8 Å². The first kappa shape index (κ1) is 64.6. The highest BCUT2D eigenvalue weighted by atomic mass is 16.5. The van der Waals surface area contributed by atoms with Crippen LogP contribution in [-0.2, 0) is 14.3 Å². The number of rotatable bonds is 52. The van der Waals surface area contributed by atoms with Crippen LogP contribution in [0.2, 0.25) is 0 Å². The molecule has 0 heterocycles. The Morgan fingerprint density at radius 2 is 0.791 bits per heavy atom. The third kappa shape index (κ3) is 49.8. The third-order valence-electron chi connectivity index (χ3n) is 13.2. The van der Waals surface area contributed by atoms with Crippen LogP contribution in [-0.4, -0.2) is 46.9 Å². The van der Waals surface area contributed by atoms with Crippen molar-refractivity contribution in [2.24, 2.45) is 0 Å². The maximum atomic E-state index is 13.3. The van der Waals surface area contributed by atoms with E-state index < -0.39 is 18.2 Å². The van der Waals surface area contributed by atoms with Gasteiger partial charge in [-0.25, -0.2) is 0 Å². The van der Waals surface area contributed by atoms with Crippen molar-refractivity contribution in [1.29, 1.82) is 0 Å². The van der Waals surface area contributed by atoms with E-state index in [1.807, 2.05) is 30.4 Å². The van der Waals surface area contributed by atoms with E-state index in [0.717, 1.165) is 70.6 Å². The zero-order valence-electron chi connectivity index (χ0n) is 44.5. The van der Waals surface area contributed by atoms with E-state index >= 15 is 0 Å². The van der Waals surface area contributed by atoms with Crippen LogP contribution in [0.1, 0.15) is 290 Å². The summed E-state index contributed by atoms with van der Waals surface area (Å²) in [4.78, 5) is 26.3. The Morgan fingerprint density at radius 3 is 1.21 bits per heavy atom. The molecule has 0 spiro atoms. The molecule has 0 aliphatic rings. The Balaban J connectivity index is 4.61. The number of hydrogen-bond donors (Lipinski definition) is 3. The minimum absolute atomic E-state index is 0.0510. The summed E-state index contributed by atoms with van der Waals surface area (Å²) in [5, 5.41) is 23.9. The molecule has 0 rings (SSSR count). The molecule has 0 aliphatic heterocycles. The quantitative estimate of drug-likeness (QED) is 0.0321. The lowest BCUT2D eigenvalue weighted by atomic mass is 10.0. The summed E-state index contributed by atoms with van der Waals surface area (Å²) in [6.45, 7) is 6.41. The number of aliphatic hydroxyl groups is 2. The highest BCUT2D eigenvalue weighted by molar-refractivity contribution is 5.77. The second-order valence-corrected chi connectivity index (χ2v) is 19.8. The Morgan fingerprint density at radius 1 is 0.433 bits per heavy atom. The molecule has 3 atom stereocenters. The zero-order valence-corrected chi connectivity index (χ0v) is 44.5. The maximum absolute atomic E-state index is 13.3. The van der Waals surface area contributed by atoms with Crippen molar-refractivity contribution >= 4 is 11.9 Å². The molecule has 3 unspecified atom stereocenters. The molecule has 390 valence electrons. The smallest absolute Gasteiger partial charge is 0.306 e. The predicted octanol–water partition coefficient (Wildman–Crippen LogP) is 18.0. The van der Waals surface area contributed by atoms with Crippen molar-refractivity contribution in [2.45, 2.75) is 309 Å². The lowest BCUT2D eigenvalue weighted by molar-refractivity contribution is -0.151. The van der Waals surface area contributed by atoms with Gasteiger partial charge in [0.25, 0.3) is 0 Å². The largest absolute Gasteiger partial charge is 0.462 e. The van der Waals surface area contributed by atoms with Gasteiger partial charge in [-0.1, -0.05) is 293 Å². The van der Waals surface area contributed by atoms with Gasteiger partial charge in [0.15, 0.2) is 0 Å². The first-order valence-corrected chi connectivity index (χ1v) is 29.1. The summed E-state index contributed by atoms with van der Waals surface area (Å²) in [7, 11) is 0. The Bertz CT molecular complexity index is 1190. The average Bonchev–Trinajstić information content (AvgIpc) is 3.32. The van der Waals surface area contributed by atoms with E-state index in [4.69, 9.17) is 4.74 Å². The molecule has 0 saturated heterocycles. The molecular weight excluding hydrogens is 827 g/mol. The minimum Gasteiger partial charge on any atom is -0.462 e. The Kier molecular flexibility index (Phi) is 52.5. The van der Waals surface area contributed by atoms with Gasteiger partial charge in [0.2, 0.25) is 5.91 Å². The summed E-state index contributed by atoms with van der Waals surface area (Å²) in [5.41, 5.74) is 0. The topological polar surface area (TPSA) is 95.9 Å². The monoisotopic (exact) mass is 938 g/mol. The van der Waals surface area contributed by atoms with Crippen molar-refractivity contribution in [3.8, 4) is 0 Å². The van der Waals surface area contributed by atoms with Crippen LogP contribution in [0.25, 0.3) is 0 Å². The predicted molar refractivity (Wildman–Crippen MR) is 292 cm³/mol. The molecule has 0 aromatic heterocycles. The SMILES string of the molecule is CCC/C=C/C=C/C=C/C=C/C=C/CCCCCC(CC(=O)NC(CO)C(O)CCCCCCCCCCCCCCCC)OC(=O)CCCCCCCCCCCCCCCCCCCC. The summed E-state index contributed by atoms with van der Waals surface area (Å²) in [6.07, 6.45) is 68.5. The van der Waals surface area contributed by atoms with Gasteiger partial charge in [0, 0.05) is 6.42 Å². The van der Waals surface area contributed by atoms with Crippen molar-refractivity contribution < 1.29 is 24.5 Å². The van der Waals surface area contributed by atoms with Gasteiger partial charge in [0.05, 0.1) is 25.2 Å². The fraction of sp³-hybridized carbons (Fsp3) is 0.803. The highest BCUT2D eigenvalue weighted by Crippen LogP contribution is 2.18. The molecule has 0 bridgehead atoms. The number of ether oxygens (including phenoxy) is 1. The molecule has 1 amide bonds. The fourth-order valence-corrected chi connectivity index (χ4v) is 8.82. The molecule has 67 heavy (non-hydrogen) atoms. The van der Waals surface area contributed by atoms with E-state index in [2.05, 4.69) is 56.5 Å². The first-order chi connectivity index (χ1) is 33.0. The number of allylic oxidation sites excluding steroid dienone is 10. The van der Waals surface area contributed by atoms with Gasteiger partial charge in [0.1, 0.15) is 6.10 Å². The van der Waals surface area contributed by atoms with E-state index in [1.54, 1.807) is 0 Å². The summed E-state index contributed by atoms with van der Waals surface area (Å²) < 4.78 is 5.95. The molecule has 0 radical (unpaired) electrons. The molecule has 0 saturated carbocycles. The average molecular weight is 939 g/mol. The summed E-state index contributed by atoms with van der Waals surface area (Å²) in [5.74, 6) is -0.504. The van der Waals surface area contributed by atoms with E-state index in [9.17, 15) is 19.8 Å². The number of carbonyl (C=O) groups excluding carboxylic acids is 2. The zero-order chi connectivity index (χ0) is 48.8. The highest BCUT2D eigenvalue weighted by Gasteiger charge is 2.24. The van der Waals surface area contributed by atoms with E-state index in [-0.39, 0.29) is 24.9 Å². The summed E-state index contributed by atoms with van der Waals surface area (Å²) in [6, 6.07) is -0.717. The van der Waals surface area contributed by atoms with Gasteiger partial charge in [-0.15, -0.1) is 0 Å². The van der Waals surface area contributed by atoms with Gasteiger partial charge in [-0.05, 0) is 44.9 Å². The van der Waals surface area contributed by atoms with Crippen LogP contribution >= 0.6 is 0 Å². The number of carbonyl (C=O) groups is 2. The molecule has 0 aliphatic carbocycles. The normalized spacial score (nSPS) is 13.6. The van der Waals surface area contributed by atoms with Crippen LogP contribution in [0.4, 0.5) is 0 Å². The number of aliphatic hydroxyl groups excluding tert-OH is 2. The molecule has 6 heteroatoms.